The second-order valence-corrected chi connectivity index (χ2v) is 4.73. The highest BCUT2D eigenvalue weighted by Gasteiger charge is 2.50. The summed E-state index contributed by atoms with van der Waals surface area (Å²) in [4.78, 5) is 16.2. The highest BCUT2D eigenvalue weighted by Crippen LogP contribution is 2.38. The fourth-order valence-corrected chi connectivity index (χ4v) is 2.71. The molecule has 4 nitrogen and oxygen atoms in total. The van der Waals surface area contributed by atoms with E-state index in [1.165, 1.54) is 11.3 Å². The summed E-state index contributed by atoms with van der Waals surface area (Å²) in [6, 6.07) is 0. The molecule has 0 aromatic carbocycles. The Kier molecular flexibility index (Phi) is 2.08. The van der Waals surface area contributed by atoms with Crippen LogP contribution in [0.4, 0.5) is 0 Å². The van der Waals surface area contributed by atoms with Crippen molar-refractivity contribution in [3.05, 3.63) is 15.6 Å². The number of aryl methyl sites for hydroxylation is 2. The van der Waals surface area contributed by atoms with Crippen LogP contribution in [0.3, 0.4) is 0 Å². The molecule has 14 heavy (non-hydrogen) atoms. The van der Waals surface area contributed by atoms with Gasteiger partial charge in [-0.25, -0.2) is 4.98 Å². The van der Waals surface area contributed by atoms with Gasteiger partial charge in [0.15, 0.2) is 0 Å². The molecule has 0 spiro atoms. The van der Waals surface area contributed by atoms with Gasteiger partial charge in [0.2, 0.25) is 0 Å². The molecule has 1 aliphatic rings. The summed E-state index contributed by atoms with van der Waals surface area (Å²) >= 11 is 1.45. The zero-order chi connectivity index (χ0) is 10.3. The molecule has 1 fully saturated rings. The quantitative estimate of drug-likeness (QED) is 0.799. The lowest BCUT2D eigenvalue weighted by Crippen LogP contribution is -2.52. The number of nitrogens with zero attached hydrogens (tertiary/aromatic N) is 1. The first-order chi connectivity index (χ1) is 6.56. The average molecular weight is 213 g/mol. The molecule has 0 amide bonds. The lowest BCUT2D eigenvalue weighted by molar-refractivity contribution is -0.162. The first-order valence-electron chi connectivity index (χ1n) is 4.32. The lowest BCUT2D eigenvalue weighted by atomic mass is 9.83. The van der Waals surface area contributed by atoms with Gasteiger partial charge in [0.1, 0.15) is 5.41 Å². The summed E-state index contributed by atoms with van der Waals surface area (Å²) in [6.45, 7) is 4.27. The molecule has 1 aromatic rings. The van der Waals surface area contributed by atoms with Crippen LogP contribution in [0.2, 0.25) is 0 Å². The number of aromatic nitrogens is 1. The fraction of sp³-hybridized carbons (Fsp3) is 0.556. The maximum Gasteiger partial charge on any atom is 0.319 e. The second kappa shape index (κ2) is 3.03. The number of hydrogen-bond donors (Lipinski definition) is 1. The van der Waals surface area contributed by atoms with E-state index in [1.54, 1.807) is 0 Å². The Bertz CT molecular complexity index is 381. The molecule has 0 radical (unpaired) electrons. The van der Waals surface area contributed by atoms with E-state index in [4.69, 9.17) is 9.84 Å². The van der Waals surface area contributed by atoms with Crippen LogP contribution in [0.15, 0.2) is 0 Å². The number of aliphatic carboxylic acids is 1. The molecule has 76 valence electrons. The van der Waals surface area contributed by atoms with Gasteiger partial charge >= 0.3 is 5.97 Å². The molecular weight excluding hydrogens is 202 g/mol. The van der Waals surface area contributed by atoms with Crippen LogP contribution in [0, 0.1) is 13.8 Å². The molecule has 5 heteroatoms. The lowest BCUT2D eigenvalue weighted by Gasteiger charge is -2.36. The zero-order valence-electron chi connectivity index (χ0n) is 8.03. The Morgan fingerprint density at radius 1 is 1.57 bits per heavy atom. The van der Waals surface area contributed by atoms with Crippen LogP contribution in [-0.4, -0.2) is 29.3 Å². The van der Waals surface area contributed by atoms with Crippen LogP contribution in [0.5, 0.6) is 0 Å². The topological polar surface area (TPSA) is 59.4 Å². The maximum atomic E-state index is 11.2. The third-order valence-electron chi connectivity index (χ3n) is 2.44. The van der Waals surface area contributed by atoms with Gasteiger partial charge in [-0.05, 0) is 13.8 Å². The van der Waals surface area contributed by atoms with Crippen molar-refractivity contribution in [2.24, 2.45) is 0 Å². The van der Waals surface area contributed by atoms with Crippen molar-refractivity contribution in [1.82, 2.24) is 4.98 Å². The Hall–Kier alpha value is -0.940. The molecule has 0 unspecified atom stereocenters. The molecule has 0 aliphatic carbocycles. The number of carboxylic acids is 1. The van der Waals surface area contributed by atoms with Gasteiger partial charge in [0, 0.05) is 4.88 Å². The highest BCUT2D eigenvalue weighted by atomic mass is 32.1. The summed E-state index contributed by atoms with van der Waals surface area (Å²) in [5, 5.41) is 10.1. The standard InChI is InChI=1S/C9H11NO3S/c1-5-7(14-6(2)10-5)9(8(11)12)3-13-4-9/h3-4H2,1-2H3,(H,11,12). The summed E-state index contributed by atoms with van der Waals surface area (Å²) in [7, 11) is 0. The Morgan fingerprint density at radius 2 is 2.21 bits per heavy atom. The summed E-state index contributed by atoms with van der Waals surface area (Å²) in [5.41, 5.74) is -0.00562. The Morgan fingerprint density at radius 3 is 2.50 bits per heavy atom. The van der Waals surface area contributed by atoms with Crippen molar-refractivity contribution >= 4 is 17.3 Å². The van der Waals surface area contributed by atoms with Crippen LogP contribution < -0.4 is 0 Å². The number of hydrogen-bond acceptors (Lipinski definition) is 4. The molecule has 2 rings (SSSR count). The maximum absolute atomic E-state index is 11.2. The van der Waals surface area contributed by atoms with Crippen molar-refractivity contribution in [2.45, 2.75) is 19.3 Å². The van der Waals surface area contributed by atoms with E-state index in [0.29, 0.717) is 0 Å². The van der Waals surface area contributed by atoms with E-state index in [1.807, 2.05) is 13.8 Å². The molecule has 1 N–H and O–H groups in total. The monoisotopic (exact) mass is 213 g/mol. The van der Waals surface area contributed by atoms with Crippen molar-refractivity contribution in [3.8, 4) is 0 Å². The average Bonchev–Trinajstić information content (AvgIpc) is 2.27. The summed E-state index contributed by atoms with van der Waals surface area (Å²) in [6.07, 6.45) is 0. The van der Waals surface area contributed by atoms with Gasteiger partial charge in [0.05, 0.1) is 23.9 Å². The number of ether oxygens (including phenoxy) is 1. The number of rotatable bonds is 2. The fourth-order valence-electron chi connectivity index (χ4n) is 1.63. The van der Waals surface area contributed by atoms with Gasteiger partial charge < -0.3 is 9.84 Å². The van der Waals surface area contributed by atoms with Crippen molar-refractivity contribution in [2.75, 3.05) is 13.2 Å². The first-order valence-corrected chi connectivity index (χ1v) is 5.13. The highest BCUT2D eigenvalue weighted by molar-refractivity contribution is 7.12. The third-order valence-corrected chi connectivity index (χ3v) is 3.72. The number of thiazole rings is 1. The van der Waals surface area contributed by atoms with Crippen molar-refractivity contribution < 1.29 is 14.6 Å². The van der Waals surface area contributed by atoms with E-state index < -0.39 is 11.4 Å². The SMILES string of the molecule is Cc1nc(C)c(C2(C(=O)O)COC2)s1. The molecule has 2 heterocycles. The van der Waals surface area contributed by atoms with E-state index >= 15 is 0 Å². The third kappa shape index (κ3) is 1.16. The first kappa shape index (κ1) is 9.61. The zero-order valence-corrected chi connectivity index (χ0v) is 8.85. The minimum absolute atomic E-state index is 0.269. The summed E-state index contributed by atoms with van der Waals surface area (Å²) < 4.78 is 5.02. The van der Waals surface area contributed by atoms with E-state index in [2.05, 4.69) is 4.98 Å². The Balaban J connectivity index is 2.46. The van der Waals surface area contributed by atoms with E-state index in [9.17, 15) is 4.79 Å². The van der Waals surface area contributed by atoms with Crippen LogP contribution >= 0.6 is 11.3 Å². The number of carboxylic acid groups (broad SMARTS) is 1. The van der Waals surface area contributed by atoms with E-state index in [-0.39, 0.29) is 13.2 Å². The smallest absolute Gasteiger partial charge is 0.319 e. The predicted octanol–water partition coefficient (Wildman–Crippen LogP) is 1.11. The van der Waals surface area contributed by atoms with Gasteiger partial charge in [-0.15, -0.1) is 11.3 Å². The van der Waals surface area contributed by atoms with Crippen molar-refractivity contribution in [3.63, 3.8) is 0 Å². The van der Waals surface area contributed by atoms with Crippen LogP contribution in [0.1, 0.15) is 15.6 Å². The minimum atomic E-state index is -0.823. The van der Waals surface area contributed by atoms with Crippen LogP contribution in [-0.2, 0) is 14.9 Å². The number of carbonyl (C=O) groups is 1. The molecule has 1 saturated heterocycles. The largest absolute Gasteiger partial charge is 0.480 e. The van der Waals surface area contributed by atoms with Crippen LogP contribution in [0.25, 0.3) is 0 Å². The predicted molar refractivity (Wildman–Crippen MR) is 51.7 cm³/mol. The van der Waals surface area contributed by atoms with Gasteiger partial charge in [0.25, 0.3) is 0 Å². The summed E-state index contributed by atoms with van der Waals surface area (Å²) in [5.74, 6) is -0.810. The van der Waals surface area contributed by atoms with Gasteiger partial charge in [-0.1, -0.05) is 0 Å². The van der Waals surface area contributed by atoms with E-state index in [0.717, 1.165) is 15.6 Å². The van der Waals surface area contributed by atoms with Crippen molar-refractivity contribution in [1.29, 1.82) is 0 Å². The molecular formula is C9H11NO3S. The molecule has 0 atom stereocenters. The minimum Gasteiger partial charge on any atom is -0.480 e. The van der Waals surface area contributed by atoms with Gasteiger partial charge in [-0.3, -0.25) is 4.79 Å². The second-order valence-electron chi connectivity index (χ2n) is 3.53. The molecule has 0 saturated carbocycles. The molecule has 1 aromatic heterocycles. The molecule has 0 bridgehead atoms. The normalized spacial score (nSPS) is 19.0. The van der Waals surface area contributed by atoms with Gasteiger partial charge in [-0.2, -0.15) is 0 Å². The Labute approximate surface area is 85.5 Å². The molecule has 1 aliphatic heterocycles.